The van der Waals surface area contributed by atoms with Gasteiger partial charge in [0.1, 0.15) is 12.4 Å². The molecule has 1 atom stereocenters. The molecule has 22 heavy (non-hydrogen) atoms. The third-order valence-electron chi connectivity index (χ3n) is 3.76. The Labute approximate surface area is 133 Å². The molecule has 0 saturated heterocycles. The van der Waals surface area contributed by atoms with Gasteiger partial charge in [-0.3, -0.25) is 0 Å². The summed E-state index contributed by atoms with van der Waals surface area (Å²) in [4.78, 5) is 0. The Bertz CT molecular complexity index is 545. The van der Waals surface area contributed by atoms with Gasteiger partial charge in [-0.15, -0.1) is 0 Å². The van der Waals surface area contributed by atoms with E-state index in [-0.39, 0.29) is 12.6 Å². The number of benzene rings is 2. The van der Waals surface area contributed by atoms with Crippen molar-refractivity contribution in [2.45, 2.75) is 39.5 Å². The Balaban J connectivity index is 1.82. The van der Waals surface area contributed by atoms with Crippen LogP contribution in [-0.2, 0) is 13.2 Å². The minimum absolute atomic E-state index is 0.164. The summed E-state index contributed by atoms with van der Waals surface area (Å²) in [6, 6.07) is 16.6. The molecule has 2 aromatic rings. The predicted octanol–water partition coefficient (Wildman–Crippen LogP) is 3.43. The predicted molar refractivity (Wildman–Crippen MR) is 90.0 cm³/mol. The van der Waals surface area contributed by atoms with Crippen LogP contribution in [0.5, 0.6) is 5.75 Å². The van der Waals surface area contributed by atoms with E-state index in [1.54, 1.807) is 0 Å². The zero-order chi connectivity index (χ0) is 15.8. The Morgan fingerprint density at radius 3 is 2.23 bits per heavy atom. The van der Waals surface area contributed by atoms with E-state index in [4.69, 9.17) is 9.84 Å². The second-order valence-electron chi connectivity index (χ2n) is 5.59. The van der Waals surface area contributed by atoms with Crippen LogP contribution in [0.2, 0.25) is 0 Å². The van der Waals surface area contributed by atoms with Crippen LogP contribution >= 0.6 is 0 Å². The Morgan fingerprint density at radius 2 is 1.64 bits per heavy atom. The van der Waals surface area contributed by atoms with Crippen molar-refractivity contribution < 1.29 is 9.84 Å². The quantitative estimate of drug-likeness (QED) is 0.784. The van der Waals surface area contributed by atoms with Gasteiger partial charge in [0.25, 0.3) is 0 Å². The molecule has 0 aromatic heterocycles. The molecule has 0 radical (unpaired) electrons. The fraction of sp³-hybridized carbons (Fsp3) is 0.368. The highest BCUT2D eigenvalue weighted by atomic mass is 16.5. The van der Waals surface area contributed by atoms with Gasteiger partial charge in [-0.05, 0) is 36.6 Å². The molecule has 3 nitrogen and oxygen atoms in total. The van der Waals surface area contributed by atoms with Crippen molar-refractivity contribution in [2.75, 3.05) is 6.61 Å². The lowest BCUT2D eigenvalue weighted by atomic mass is 10.1. The number of aryl methyl sites for hydroxylation is 1. The Hall–Kier alpha value is -1.84. The van der Waals surface area contributed by atoms with Gasteiger partial charge < -0.3 is 15.2 Å². The zero-order valence-electron chi connectivity index (χ0n) is 13.4. The lowest BCUT2D eigenvalue weighted by Crippen LogP contribution is -2.31. The Morgan fingerprint density at radius 1 is 1.00 bits per heavy atom. The molecule has 3 heteroatoms. The number of rotatable bonds is 8. The molecule has 0 aliphatic rings. The van der Waals surface area contributed by atoms with Gasteiger partial charge in [-0.1, -0.05) is 48.9 Å². The molecule has 0 aliphatic carbocycles. The number of aliphatic hydroxyl groups excluding tert-OH is 1. The molecule has 0 aliphatic heterocycles. The average molecular weight is 299 g/mol. The number of hydrogen-bond donors (Lipinski definition) is 2. The topological polar surface area (TPSA) is 41.5 Å². The number of aliphatic hydroxyl groups is 1. The minimum atomic E-state index is 0.164. The van der Waals surface area contributed by atoms with Crippen LogP contribution in [0.25, 0.3) is 0 Å². The second kappa shape index (κ2) is 8.57. The summed E-state index contributed by atoms with van der Waals surface area (Å²) in [6.45, 7) is 5.67. The molecule has 118 valence electrons. The molecule has 2 aromatic carbocycles. The molecule has 0 bridgehead atoms. The largest absolute Gasteiger partial charge is 0.489 e. The molecule has 0 spiro atoms. The van der Waals surface area contributed by atoms with Gasteiger partial charge in [0.15, 0.2) is 0 Å². The summed E-state index contributed by atoms with van der Waals surface area (Å²) in [5.74, 6) is 0.874. The first-order valence-corrected chi connectivity index (χ1v) is 7.82. The van der Waals surface area contributed by atoms with Gasteiger partial charge >= 0.3 is 0 Å². The van der Waals surface area contributed by atoms with Crippen LogP contribution in [-0.4, -0.2) is 17.8 Å². The molecule has 0 amide bonds. The maximum Gasteiger partial charge on any atom is 0.119 e. The molecule has 2 rings (SSSR count). The van der Waals surface area contributed by atoms with Gasteiger partial charge in [0.05, 0.1) is 6.61 Å². The van der Waals surface area contributed by atoms with Crippen LogP contribution < -0.4 is 10.1 Å². The summed E-state index contributed by atoms with van der Waals surface area (Å²) < 4.78 is 5.79. The van der Waals surface area contributed by atoms with Gasteiger partial charge in [-0.25, -0.2) is 0 Å². The SMILES string of the molecule is CC[C@@H](CO)NCc1ccc(OCc2ccc(C)cc2)cc1. The molecule has 0 unspecified atom stereocenters. The standard InChI is InChI=1S/C19H25NO2/c1-3-18(13-21)20-12-16-8-10-19(11-9-16)22-14-17-6-4-15(2)5-7-17/h4-11,18,20-21H,3,12-14H2,1-2H3/t18-/m0/s1. The highest BCUT2D eigenvalue weighted by Gasteiger charge is 2.03. The molecular formula is C19H25NO2. The van der Waals surface area contributed by atoms with E-state index >= 15 is 0 Å². The third-order valence-corrected chi connectivity index (χ3v) is 3.76. The molecule has 2 N–H and O–H groups in total. The van der Waals surface area contributed by atoms with E-state index in [9.17, 15) is 0 Å². The molecule has 0 fully saturated rings. The number of ether oxygens (including phenoxy) is 1. The lowest BCUT2D eigenvalue weighted by molar-refractivity contribution is 0.238. The summed E-state index contributed by atoms with van der Waals surface area (Å²) >= 11 is 0. The number of hydrogen-bond acceptors (Lipinski definition) is 3. The lowest BCUT2D eigenvalue weighted by Gasteiger charge is -2.14. The van der Waals surface area contributed by atoms with Crippen molar-refractivity contribution in [2.24, 2.45) is 0 Å². The van der Waals surface area contributed by atoms with Crippen molar-refractivity contribution in [1.82, 2.24) is 5.32 Å². The fourth-order valence-corrected chi connectivity index (χ4v) is 2.15. The summed E-state index contributed by atoms with van der Waals surface area (Å²) in [5.41, 5.74) is 3.62. The van der Waals surface area contributed by atoms with Crippen LogP contribution in [0.4, 0.5) is 0 Å². The monoisotopic (exact) mass is 299 g/mol. The van der Waals surface area contributed by atoms with Crippen molar-refractivity contribution in [3.63, 3.8) is 0 Å². The summed E-state index contributed by atoms with van der Waals surface area (Å²) in [7, 11) is 0. The normalized spacial score (nSPS) is 12.1. The van der Waals surface area contributed by atoms with Crippen molar-refractivity contribution in [1.29, 1.82) is 0 Å². The van der Waals surface area contributed by atoms with E-state index in [1.807, 2.05) is 12.1 Å². The van der Waals surface area contributed by atoms with Crippen LogP contribution in [0, 0.1) is 6.92 Å². The first-order chi connectivity index (χ1) is 10.7. The highest BCUT2D eigenvalue weighted by Crippen LogP contribution is 2.14. The van der Waals surface area contributed by atoms with Gasteiger partial charge in [0.2, 0.25) is 0 Å². The summed E-state index contributed by atoms with van der Waals surface area (Å²) in [6.07, 6.45) is 0.925. The molecule has 0 heterocycles. The number of nitrogens with one attached hydrogen (secondary N) is 1. The second-order valence-corrected chi connectivity index (χ2v) is 5.59. The fourth-order valence-electron chi connectivity index (χ4n) is 2.15. The molecule has 0 saturated carbocycles. The van der Waals surface area contributed by atoms with Gasteiger partial charge in [0, 0.05) is 12.6 Å². The first-order valence-electron chi connectivity index (χ1n) is 7.82. The Kier molecular flexibility index (Phi) is 6.44. The van der Waals surface area contributed by atoms with Crippen molar-refractivity contribution in [3.05, 3.63) is 65.2 Å². The zero-order valence-corrected chi connectivity index (χ0v) is 13.4. The van der Waals surface area contributed by atoms with Crippen molar-refractivity contribution in [3.8, 4) is 5.75 Å². The first kappa shape index (κ1) is 16.5. The van der Waals surface area contributed by atoms with E-state index in [2.05, 4.69) is 55.6 Å². The van der Waals surface area contributed by atoms with Crippen LogP contribution in [0.3, 0.4) is 0 Å². The van der Waals surface area contributed by atoms with Crippen LogP contribution in [0.15, 0.2) is 48.5 Å². The van der Waals surface area contributed by atoms with Crippen molar-refractivity contribution >= 4 is 0 Å². The van der Waals surface area contributed by atoms with E-state index < -0.39 is 0 Å². The maximum atomic E-state index is 9.16. The minimum Gasteiger partial charge on any atom is -0.489 e. The molecular weight excluding hydrogens is 274 g/mol. The van der Waals surface area contributed by atoms with Gasteiger partial charge in [-0.2, -0.15) is 0 Å². The van der Waals surface area contributed by atoms with E-state index in [0.717, 1.165) is 18.7 Å². The smallest absolute Gasteiger partial charge is 0.119 e. The van der Waals surface area contributed by atoms with Crippen LogP contribution in [0.1, 0.15) is 30.0 Å². The summed E-state index contributed by atoms with van der Waals surface area (Å²) in [5, 5.41) is 12.5. The van der Waals surface area contributed by atoms with E-state index in [0.29, 0.717) is 6.61 Å². The maximum absolute atomic E-state index is 9.16. The van der Waals surface area contributed by atoms with E-state index in [1.165, 1.54) is 16.7 Å². The highest BCUT2D eigenvalue weighted by molar-refractivity contribution is 5.28. The third kappa shape index (κ3) is 5.17. The average Bonchev–Trinajstić information content (AvgIpc) is 2.56.